The summed E-state index contributed by atoms with van der Waals surface area (Å²) < 4.78 is 10.5. The van der Waals surface area contributed by atoms with Gasteiger partial charge in [0.25, 0.3) is 0 Å². The summed E-state index contributed by atoms with van der Waals surface area (Å²) in [4.78, 5) is 40.2. The number of rotatable bonds is 10. The van der Waals surface area contributed by atoms with Crippen molar-refractivity contribution in [3.8, 4) is 6.07 Å². The number of carbonyl (C=O) groups excluding carboxylic acids is 3. The van der Waals surface area contributed by atoms with Gasteiger partial charge in [0.1, 0.15) is 12.1 Å². The normalized spacial score (nSPS) is 13.6. The first-order chi connectivity index (χ1) is 16.3. The summed E-state index contributed by atoms with van der Waals surface area (Å²) >= 11 is 0. The number of esters is 2. The molecule has 1 fully saturated rings. The fourth-order valence-electron chi connectivity index (χ4n) is 3.93. The quantitative estimate of drug-likeness (QED) is 0.537. The van der Waals surface area contributed by atoms with Gasteiger partial charge in [-0.1, -0.05) is 37.3 Å². The molecule has 1 aliphatic rings. The van der Waals surface area contributed by atoms with Gasteiger partial charge >= 0.3 is 11.9 Å². The van der Waals surface area contributed by atoms with Crippen molar-refractivity contribution in [1.29, 1.82) is 5.26 Å². The molecule has 1 saturated carbocycles. The van der Waals surface area contributed by atoms with Gasteiger partial charge in [-0.05, 0) is 56.5 Å². The highest BCUT2D eigenvalue weighted by Crippen LogP contribution is 2.43. The van der Waals surface area contributed by atoms with Crippen LogP contribution in [0.4, 0.5) is 5.69 Å². The van der Waals surface area contributed by atoms with Gasteiger partial charge in [-0.25, -0.2) is 4.79 Å². The SMILES string of the molecule is CCOC(=O)c1cc(C#N)cc(C)c1NC(=O)C1(N(CC)CC(=O)OCc2ccccc2)CC1. The van der Waals surface area contributed by atoms with Crippen LogP contribution in [0.2, 0.25) is 0 Å². The lowest BCUT2D eigenvalue weighted by Gasteiger charge is -2.29. The zero-order valence-electron chi connectivity index (χ0n) is 19.7. The number of anilines is 1. The van der Waals surface area contributed by atoms with Crippen LogP contribution in [0.3, 0.4) is 0 Å². The first-order valence-corrected chi connectivity index (χ1v) is 11.3. The highest BCUT2D eigenvalue weighted by Gasteiger charge is 2.54. The summed E-state index contributed by atoms with van der Waals surface area (Å²) in [5, 5.41) is 12.2. The number of nitriles is 1. The van der Waals surface area contributed by atoms with Crippen LogP contribution in [0, 0.1) is 18.3 Å². The lowest BCUT2D eigenvalue weighted by atomic mass is 10.0. The van der Waals surface area contributed by atoms with Crippen LogP contribution in [0.1, 0.15) is 53.7 Å². The van der Waals surface area contributed by atoms with E-state index in [9.17, 15) is 19.6 Å². The van der Waals surface area contributed by atoms with Crippen LogP contribution in [0.25, 0.3) is 0 Å². The number of carbonyl (C=O) groups is 3. The summed E-state index contributed by atoms with van der Waals surface area (Å²) in [5.74, 6) is -1.32. The van der Waals surface area contributed by atoms with Crippen LogP contribution >= 0.6 is 0 Å². The van der Waals surface area contributed by atoms with E-state index in [-0.39, 0.29) is 31.2 Å². The molecule has 0 saturated heterocycles. The summed E-state index contributed by atoms with van der Waals surface area (Å²) in [6.07, 6.45) is 1.17. The molecular formula is C26H29N3O5. The average molecular weight is 464 g/mol. The Morgan fingerprint density at radius 2 is 1.82 bits per heavy atom. The molecule has 8 nitrogen and oxygen atoms in total. The van der Waals surface area contributed by atoms with Crippen LogP contribution in [-0.2, 0) is 25.7 Å². The molecule has 0 heterocycles. The van der Waals surface area contributed by atoms with E-state index < -0.39 is 17.5 Å². The highest BCUT2D eigenvalue weighted by molar-refractivity contribution is 6.06. The van der Waals surface area contributed by atoms with Crippen LogP contribution in [0.5, 0.6) is 0 Å². The number of ether oxygens (including phenoxy) is 2. The number of nitrogens with one attached hydrogen (secondary N) is 1. The van der Waals surface area contributed by atoms with E-state index in [1.54, 1.807) is 24.8 Å². The Morgan fingerprint density at radius 1 is 1.12 bits per heavy atom. The Morgan fingerprint density at radius 3 is 2.41 bits per heavy atom. The standard InChI is InChI=1S/C26H29N3O5/c1-4-29(16-22(30)34-17-19-9-7-6-8-10-19)26(11-12-26)25(32)28-23-18(3)13-20(15-27)14-21(23)24(31)33-5-2/h6-10,13-14H,4-5,11-12,16-17H2,1-3H3,(H,28,32). The number of amides is 1. The first kappa shape index (κ1) is 24.9. The van der Waals surface area contributed by atoms with Gasteiger partial charge < -0.3 is 14.8 Å². The molecule has 34 heavy (non-hydrogen) atoms. The Kier molecular flexibility index (Phi) is 8.03. The molecule has 0 atom stereocenters. The average Bonchev–Trinajstić information content (AvgIpc) is 3.65. The second-order valence-corrected chi connectivity index (χ2v) is 8.19. The second kappa shape index (κ2) is 10.9. The van der Waals surface area contributed by atoms with Crippen molar-refractivity contribution in [2.45, 2.75) is 45.8 Å². The smallest absolute Gasteiger partial charge is 0.340 e. The maximum absolute atomic E-state index is 13.4. The third kappa shape index (κ3) is 5.61. The van der Waals surface area contributed by atoms with E-state index >= 15 is 0 Å². The predicted octanol–water partition coefficient (Wildman–Crippen LogP) is 3.58. The largest absolute Gasteiger partial charge is 0.462 e. The molecular weight excluding hydrogens is 434 g/mol. The Bertz CT molecular complexity index is 1100. The van der Waals surface area contributed by atoms with Gasteiger partial charge in [-0.2, -0.15) is 5.26 Å². The zero-order valence-corrected chi connectivity index (χ0v) is 19.7. The molecule has 1 amide bonds. The van der Waals surface area contributed by atoms with Crippen LogP contribution in [0.15, 0.2) is 42.5 Å². The maximum Gasteiger partial charge on any atom is 0.340 e. The molecule has 0 bridgehead atoms. The van der Waals surface area contributed by atoms with Crippen molar-refractivity contribution in [3.63, 3.8) is 0 Å². The van der Waals surface area contributed by atoms with Crippen molar-refractivity contribution < 1.29 is 23.9 Å². The molecule has 1 N–H and O–H groups in total. The van der Waals surface area contributed by atoms with Gasteiger partial charge in [0.05, 0.1) is 36.0 Å². The minimum Gasteiger partial charge on any atom is -0.462 e. The molecule has 0 spiro atoms. The fourth-order valence-corrected chi connectivity index (χ4v) is 3.93. The van der Waals surface area contributed by atoms with Gasteiger partial charge in [0.15, 0.2) is 0 Å². The number of benzene rings is 2. The molecule has 8 heteroatoms. The topological polar surface area (TPSA) is 109 Å². The summed E-state index contributed by atoms with van der Waals surface area (Å²) in [5.41, 5.74) is 1.37. The lowest BCUT2D eigenvalue weighted by Crippen LogP contribution is -2.49. The van der Waals surface area contributed by atoms with Crippen molar-refractivity contribution in [2.24, 2.45) is 0 Å². The third-order valence-electron chi connectivity index (χ3n) is 5.89. The first-order valence-electron chi connectivity index (χ1n) is 11.3. The van der Waals surface area contributed by atoms with Gasteiger partial charge in [-0.15, -0.1) is 0 Å². The van der Waals surface area contributed by atoms with Crippen molar-refractivity contribution in [2.75, 3.05) is 25.0 Å². The highest BCUT2D eigenvalue weighted by atomic mass is 16.5. The molecule has 0 radical (unpaired) electrons. The summed E-state index contributed by atoms with van der Waals surface area (Å²) in [7, 11) is 0. The monoisotopic (exact) mass is 463 g/mol. The zero-order chi connectivity index (χ0) is 24.7. The van der Waals surface area contributed by atoms with E-state index in [1.807, 2.05) is 43.3 Å². The predicted molar refractivity (Wildman–Crippen MR) is 126 cm³/mol. The van der Waals surface area contributed by atoms with Gasteiger partial charge in [0.2, 0.25) is 5.91 Å². The fraction of sp³-hybridized carbons (Fsp3) is 0.385. The number of aryl methyl sites for hydroxylation is 1. The van der Waals surface area contributed by atoms with Crippen LogP contribution < -0.4 is 5.32 Å². The molecule has 178 valence electrons. The lowest BCUT2D eigenvalue weighted by molar-refractivity contribution is -0.147. The number of nitrogens with zero attached hydrogens (tertiary/aromatic N) is 2. The maximum atomic E-state index is 13.4. The van der Waals surface area contributed by atoms with E-state index in [4.69, 9.17) is 9.47 Å². The van der Waals surface area contributed by atoms with Crippen molar-refractivity contribution in [1.82, 2.24) is 4.90 Å². The third-order valence-corrected chi connectivity index (χ3v) is 5.89. The molecule has 0 unspecified atom stereocenters. The molecule has 2 aromatic carbocycles. The minimum absolute atomic E-state index is 0.0200. The Hall–Kier alpha value is -3.70. The molecule has 0 aromatic heterocycles. The minimum atomic E-state index is -0.854. The van der Waals surface area contributed by atoms with Gasteiger partial charge in [-0.3, -0.25) is 14.5 Å². The Labute approximate surface area is 199 Å². The molecule has 0 aliphatic heterocycles. The number of hydrogen-bond acceptors (Lipinski definition) is 7. The van der Waals surface area contributed by atoms with Crippen molar-refractivity contribution in [3.05, 3.63) is 64.7 Å². The van der Waals surface area contributed by atoms with E-state index in [0.717, 1.165) is 5.56 Å². The second-order valence-electron chi connectivity index (χ2n) is 8.19. The molecule has 3 rings (SSSR count). The Balaban J connectivity index is 1.74. The number of hydrogen-bond donors (Lipinski definition) is 1. The van der Waals surface area contributed by atoms with E-state index in [0.29, 0.717) is 36.2 Å². The molecule has 1 aliphatic carbocycles. The summed E-state index contributed by atoms with van der Waals surface area (Å²) in [6.45, 7) is 6.09. The van der Waals surface area contributed by atoms with E-state index in [2.05, 4.69) is 5.32 Å². The molecule has 2 aromatic rings. The number of likely N-dealkylation sites (N-methyl/N-ethyl adjacent to an activating group) is 1. The van der Waals surface area contributed by atoms with Crippen LogP contribution in [-0.4, -0.2) is 48.0 Å². The summed E-state index contributed by atoms with van der Waals surface area (Å²) in [6, 6.07) is 14.4. The van der Waals surface area contributed by atoms with Gasteiger partial charge in [0, 0.05) is 0 Å². The van der Waals surface area contributed by atoms with Crippen molar-refractivity contribution >= 4 is 23.5 Å². The van der Waals surface area contributed by atoms with E-state index in [1.165, 1.54) is 6.07 Å².